The molecule has 1 heterocycles. The van der Waals surface area contributed by atoms with E-state index in [0.29, 0.717) is 13.0 Å². The molecule has 1 aromatic heterocycles. The second kappa shape index (κ2) is 7.67. The Bertz CT molecular complexity index is 411. The first-order valence-corrected chi connectivity index (χ1v) is 7.27. The Hall–Kier alpha value is -1.04. The van der Waals surface area contributed by atoms with Crippen LogP contribution in [0.15, 0.2) is 0 Å². The van der Waals surface area contributed by atoms with Crippen molar-refractivity contribution in [2.75, 3.05) is 6.54 Å². The Morgan fingerprint density at radius 1 is 1.15 bits per heavy atom. The van der Waals surface area contributed by atoms with Crippen LogP contribution < -0.4 is 5.32 Å². The number of aromatic nitrogens is 2. The van der Waals surface area contributed by atoms with Crippen molar-refractivity contribution in [2.24, 2.45) is 0 Å². The van der Waals surface area contributed by atoms with E-state index in [-0.39, 0.29) is 6.54 Å². The van der Waals surface area contributed by atoms with E-state index in [2.05, 4.69) is 17.3 Å². The van der Waals surface area contributed by atoms with Crippen molar-refractivity contribution in [1.82, 2.24) is 15.1 Å². The Kier molecular flexibility index (Phi) is 6.52. The summed E-state index contributed by atoms with van der Waals surface area (Å²) in [7, 11) is 0. The summed E-state index contributed by atoms with van der Waals surface area (Å²) in [5.41, 5.74) is 2.91. The molecule has 1 aromatic rings. The predicted molar refractivity (Wildman–Crippen MR) is 73.7 cm³/mol. The van der Waals surface area contributed by atoms with Crippen molar-refractivity contribution in [3.05, 3.63) is 17.0 Å². The molecule has 0 radical (unpaired) electrons. The van der Waals surface area contributed by atoms with E-state index >= 15 is 0 Å². The van der Waals surface area contributed by atoms with E-state index in [4.69, 9.17) is 0 Å². The molecule has 0 saturated carbocycles. The van der Waals surface area contributed by atoms with Gasteiger partial charge in [0, 0.05) is 24.3 Å². The summed E-state index contributed by atoms with van der Waals surface area (Å²) >= 11 is 0. The molecule has 0 spiro atoms. The van der Waals surface area contributed by atoms with Crippen LogP contribution in [0, 0.1) is 0 Å². The smallest absolute Gasteiger partial charge is 0.313 e. The first-order chi connectivity index (χ1) is 9.42. The molecular weight excluding hydrogens is 267 g/mol. The molecule has 116 valence electrons. The zero-order chi connectivity index (χ0) is 15.2. The quantitative estimate of drug-likeness (QED) is 0.743. The van der Waals surface area contributed by atoms with E-state index in [1.54, 1.807) is 0 Å². The molecule has 0 amide bonds. The lowest BCUT2D eigenvalue weighted by Crippen LogP contribution is -2.17. The van der Waals surface area contributed by atoms with Crippen molar-refractivity contribution in [3.8, 4) is 0 Å². The van der Waals surface area contributed by atoms with Crippen LogP contribution in [0.2, 0.25) is 0 Å². The fraction of sp³-hybridized carbons (Fsp3) is 0.786. The third-order valence-electron chi connectivity index (χ3n) is 3.26. The summed E-state index contributed by atoms with van der Waals surface area (Å²) in [5.74, 6) is 0. The van der Waals surface area contributed by atoms with E-state index in [1.807, 2.05) is 13.8 Å². The second-order valence-electron chi connectivity index (χ2n) is 4.84. The highest BCUT2D eigenvalue weighted by molar-refractivity contribution is 5.26. The highest BCUT2D eigenvalue weighted by Gasteiger charge is 2.27. The second-order valence-corrected chi connectivity index (χ2v) is 4.84. The largest absolute Gasteiger partial charge is 0.390 e. The molecular formula is C14H24F3N3. The molecule has 0 fully saturated rings. The average Bonchev–Trinajstić information content (AvgIpc) is 2.73. The monoisotopic (exact) mass is 291 g/mol. The van der Waals surface area contributed by atoms with Gasteiger partial charge in [-0.3, -0.25) is 4.68 Å². The first-order valence-electron chi connectivity index (χ1n) is 7.27. The van der Waals surface area contributed by atoms with Gasteiger partial charge < -0.3 is 5.32 Å². The van der Waals surface area contributed by atoms with Crippen molar-refractivity contribution in [3.63, 3.8) is 0 Å². The van der Waals surface area contributed by atoms with Gasteiger partial charge in [-0.15, -0.1) is 0 Å². The molecule has 0 aliphatic rings. The van der Waals surface area contributed by atoms with E-state index in [1.165, 1.54) is 4.68 Å². The molecule has 0 bridgehead atoms. The maximum atomic E-state index is 12.4. The molecule has 0 aliphatic heterocycles. The number of alkyl halides is 3. The summed E-state index contributed by atoms with van der Waals surface area (Å²) in [6, 6.07) is 0. The van der Waals surface area contributed by atoms with Gasteiger partial charge in [-0.1, -0.05) is 20.8 Å². The summed E-state index contributed by atoms with van der Waals surface area (Å²) in [6.45, 7) is 7.53. The van der Waals surface area contributed by atoms with Crippen molar-refractivity contribution in [2.45, 2.75) is 65.7 Å². The van der Waals surface area contributed by atoms with Crippen LogP contribution in [-0.4, -0.2) is 22.5 Å². The normalized spacial score (nSPS) is 12.1. The van der Waals surface area contributed by atoms with Crippen LogP contribution in [0.1, 0.15) is 50.6 Å². The lowest BCUT2D eigenvalue weighted by molar-refractivity contribution is -0.137. The molecule has 3 nitrogen and oxygen atoms in total. The zero-order valence-corrected chi connectivity index (χ0v) is 12.5. The first kappa shape index (κ1) is 17.0. The van der Waals surface area contributed by atoms with Crippen LogP contribution in [-0.2, 0) is 25.9 Å². The Balaban J connectivity index is 2.89. The Labute approximate surface area is 118 Å². The van der Waals surface area contributed by atoms with E-state index < -0.39 is 12.6 Å². The van der Waals surface area contributed by atoms with Gasteiger partial charge in [-0.05, 0) is 25.8 Å². The van der Waals surface area contributed by atoms with Crippen molar-refractivity contribution < 1.29 is 13.2 Å². The van der Waals surface area contributed by atoms with E-state index in [0.717, 1.165) is 36.3 Å². The van der Waals surface area contributed by atoms with Crippen molar-refractivity contribution in [1.29, 1.82) is 0 Å². The van der Waals surface area contributed by atoms with Crippen LogP contribution in [0.4, 0.5) is 13.2 Å². The minimum atomic E-state index is -4.13. The third-order valence-corrected chi connectivity index (χ3v) is 3.26. The summed E-state index contributed by atoms with van der Waals surface area (Å²) in [4.78, 5) is 0. The lowest BCUT2D eigenvalue weighted by Gasteiger charge is -2.10. The van der Waals surface area contributed by atoms with Gasteiger partial charge >= 0.3 is 6.18 Å². The molecule has 6 heteroatoms. The third kappa shape index (κ3) is 4.81. The van der Waals surface area contributed by atoms with Crippen molar-refractivity contribution >= 4 is 0 Å². The van der Waals surface area contributed by atoms with Gasteiger partial charge in [0.15, 0.2) is 0 Å². The minimum Gasteiger partial charge on any atom is -0.313 e. The number of hydrogen-bond donors (Lipinski definition) is 1. The maximum absolute atomic E-state index is 12.4. The number of aryl methyl sites for hydroxylation is 2. The molecule has 0 aromatic carbocycles. The SMILES string of the molecule is CCCNCc1c(CC)nn(CCC(F)(F)F)c1CC. The summed E-state index contributed by atoms with van der Waals surface area (Å²) in [5, 5.41) is 7.67. The van der Waals surface area contributed by atoms with Gasteiger partial charge in [0.1, 0.15) is 0 Å². The predicted octanol–water partition coefficient (Wildman–Crippen LogP) is 3.46. The topological polar surface area (TPSA) is 29.9 Å². The molecule has 1 N–H and O–H groups in total. The molecule has 1 rings (SSSR count). The molecule has 0 atom stereocenters. The number of nitrogens with zero attached hydrogens (tertiary/aromatic N) is 2. The van der Waals surface area contributed by atoms with Crippen LogP contribution in [0.5, 0.6) is 0 Å². The molecule has 0 aliphatic carbocycles. The fourth-order valence-electron chi connectivity index (χ4n) is 2.28. The van der Waals surface area contributed by atoms with Crippen LogP contribution >= 0.6 is 0 Å². The summed E-state index contributed by atoms with van der Waals surface area (Å²) in [6.07, 6.45) is -2.48. The van der Waals surface area contributed by atoms with Gasteiger partial charge in [-0.2, -0.15) is 18.3 Å². The molecule has 20 heavy (non-hydrogen) atoms. The number of hydrogen-bond acceptors (Lipinski definition) is 2. The van der Waals surface area contributed by atoms with Gasteiger partial charge in [0.2, 0.25) is 0 Å². The zero-order valence-electron chi connectivity index (χ0n) is 12.5. The summed E-state index contributed by atoms with van der Waals surface area (Å²) < 4.78 is 38.6. The number of nitrogens with one attached hydrogen (secondary N) is 1. The van der Waals surface area contributed by atoms with Gasteiger partial charge in [0.25, 0.3) is 0 Å². The van der Waals surface area contributed by atoms with Crippen LogP contribution in [0.3, 0.4) is 0 Å². The minimum absolute atomic E-state index is 0.0898. The van der Waals surface area contributed by atoms with E-state index in [9.17, 15) is 13.2 Å². The Morgan fingerprint density at radius 3 is 2.35 bits per heavy atom. The number of rotatable bonds is 8. The average molecular weight is 291 g/mol. The highest BCUT2D eigenvalue weighted by Crippen LogP contribution is 2.22. The highest BCUT2D eigenvalue weighted by atomic mass is 19.4. The fourth-order valence-corrected chi connectivity index (χ4v) is 2.28. The van der Waals surface area contributed by atoms with Gasteiger partial charge in [-0.25, -0.2) is 0 Å². The van der Waals surface area contributed by atoms with Crippen LogP contribution in [0.25, 0.3) is 0 Å². The number of halogens is 3. The molecule has 0 unspecified atom stereocenters. The Morgan fingerprint density at radius 2 is 1.85 bits per heavy atom. The standard InChI is InChI=1S/C14H24F3N3/c1-4-8-18-10-11-12(5-2)19-20(13(11)6-3)9-7-14(15,16)17/h18H,4-10H2,1-3H3. The lowest BCUT2D eigenvalue weighted by atomic mass is 10.1. The van der Waals surface area contributed by atoms with Gasteiger partial charge in [0.05, 0.1) is 12.1 Å². The molecule has 0 saturated heterocycles. The maximum Gasteiger partial charge on any atom is 0.390 e.